The minimum atomic E-state index is -0.723. The monoisotopic (exact) mass is 262 g/mol. The van der Waals surface area contributed by atoms with Gasteiger partial charge in [0.15, 0.2) is 0 Å². The Balaban J connectivity index is 2.06. The van der Waals surface area contributed by atoms with Gasteiger partial charge in [0.25, 0.3) is 0 Å². The van der Waals surface area contributed by atoms with E-state index in [0.29, 0.717) is 6.04 Å². The number of hydrogen-bond donors (Lipinski definition) is 2. The first-order valence-corrected chi connectivity index (χ1v) is 6.88. The van der Waals surface area contributed by atoms with E-state index in [9.17, 15) is 4.79 Å². The highest BCUT2D eigenvalue weighted by molar-refractivity contribution is 5.67. The quantitative estimate of drug-likeness (QED) is 0.867. The number of carboxylic acid groups (broad SMARTS) is 1. The predicted molar refractivity (Wildman–Crippen MR) is 75.0 cm³/mol. The van der Waals surface area contributed by atoms with Crippen LogP contribution in [0.1, 0.15) is 25.3 Å². The van der Waals surface area contributed by atoms with Gasteiger partial charge in [-0.05, 0) is 18.9 Å². The Labute approximate surface area is 114 Å². The summed E-state index contributed by atoms with van der Waals surface area (Å²) in [6, 6.07) is 10.8. The lowest BCUT2D eigenvalue weighted by atomic mass is 10.1. The van der Waals surface area contributed by atoms with E-state index in [2.05, 4.69) is 29.3 Å². The maximum absolute atomic E-state index is 11.0. The average molecular weight is 262 g/mol. The zero-order chi connectivity index (χ0) is 13.7. The van der Waals surface area contributed by atoms with E-state index in [0.717, 1.165) is 26.1 Å². The number of hydrogen-bond acceptors (Lipinski definition) is 3. The molecule has 2 atom stereocenters. The summed E-state index contributed by atoms with van der Waals surface area (Å²) in [5, 5.41) is 12.5. The SMILES string of the molecule is CC1CCN(Cc2ccccc2)C(CC(=O)O)CN1. The Morgan fingerprint density at radius 3 is 2.84 bits per heavy atom. The van der Waals surface area contributed by atoms with E-state index < -0.39 is 5.97 Å². The van der Waals surface area contributed by atoms with Gasteiger partial charge < -0.3 is 10.4 Å². The Morgan fingerprint density at radius 2 is 2.16 bits per heavy atom. The molecule has 1 fully saturated rings. The molecule has 0 aliphatic carbocycles. The molecule has 2 N–H and O–H groups in total. The van der Waals surface area contributed by atoms with Gasteiger partial charge in [-0.2, -0.15) is 0 Å². The van der Waals surface area contributed by atoms with Crippen molar-refractivity contribution in [2.24, 2.45) is 0 Å². The number of nitrogens with one attached hydrogen (secondary N) is 1. The van der Waals surface area contributed by atoms with Crippen LogP contribution in [-0.4, -0.2) is 41.1 Å². The third-order valence-electron chi connectivity index (χ3n) is 3.71. The molecule has 4 heteroatoms. The first kappa shape index (κ1) is 14.0. The first-order chi connectivity index (χ1) is 9.15. The summed E-state index contributed by atoms with van der Waals surface area (Å²) in [7, 11) is 0. The van der Waals surface area contributed by atoms with Gasteiger partial charge in [-0.15, -0.1) is 0 Å². The van der Waals surface area contributed by atoms with Gasteiger partial charge in [0, 0.05) is 31.7 Å². The van der Waals surface area contributed by atoms with Gasteiger partial charge in [-0.25, -0.2) is 0 Å². The third-order valence-corrected chi connectivity index (χ3v) is 3.71. The Morgan fingerprint density at radius 1 is 1.42 bits per heavy atom. The minimum absolute atomic E-state index is 0.0719. The molecule has 1 aromatic carbocycles. The number of benzene rings is 1. The zero-order valence-electron chi connectivity index (χ0n) is 11.4. The summed E-state index contributed by atoms with van der Waals surface area (Å²) in [4.78, 5) is 13.3. The van der Waals surface area contributed by atoms with Crippen LogP contribution in [0.15, 0.2) is 30.3 Å². The standard InChI is InChI=1S/C15H22N2O2/c1-12-7-8-17(11-13-5-3-2-4-6-13)14(10-16-12)9-15(18)19/h2-6,12,14,16H,7-11H2,1H3,(H,18,19). The van der Waals surface area contributed by atoms with Crippen molar-refractivity contribution in [3.05, 3.63) is 35.9 Å². The number of aliphatic carboxylic acids is 1. The molecule has 0 bridgehead atoms. The Hall–Kier alpha value is -1.39. The third kappa shape index (κ3) is 4.33. The molecular formula is C15H22N2O2. The minimum Gasteiger partial charge on any atom is -0.481 e. The fraction of sp³-hybridized carbons (Fsp3) is 0.533. The second-order valence-electron chi connectivity index (χ2n) is 5.31. The molecule has 1 saturated heterocycles. The van der Waals surface area contributed by atoms with Crippen LogP contribution in [0.4, 0.5) is 0 Å². The van der Waals surface area contributed by atoms with Crippen molar-refractivity contribution in [1.82, 2.24) is 10.2 Å². The largest absolute Gasteiger partial charge is 0.481 e. The molecule has 104 valence electrons. The summed E-state index contributed by atoms with van der Waals surface area (Å²) in [6.45, 7) is 4.68. The number of carboxylic acids is 1. The van der Waals surface area contributed by atoms with Gasteiger partial charge in [0.05, 0.1) is 6.42 Å². The van der Waals surface area contributed by atoms with Crippen molar-refractivity contribution >= 4 is 5.97 Å². The highest BCUT2D eigenvalue weighted by Crippen LogP contribution is 2.15. The van der Waals surface area contributed by atoms with Crippen molar-refractivity contribution in [3.8, 4) is 0 Å². The van der Waals surface area contributed by atoms with Crippen LogP contribution in [0.2, 0.25) is 0 Å². The van der Waals surface area contributed by atoms with Crippen LogP contribution in [0.3, 0.4) is 0 Å². The van der Waals surface area contributed by atoms with Crippen molar-refractivity contribution in [2.75, 3.05) is 13.1 Å². The van der Waals surface area contributed by atoms with E-state index in [1.165, 1.54) is 5.56 Å². The summed E-state index contributed by atoms with van der Waals surface area (Å²) in [6.07, 6.45) is 1.26. The zero-order valence-corrected chi connectivity index (χ0v) is 11.4. The van der Waals surface area contributed by atoms with Crippen LogP contribution in [-0.2, 0) is 11.3 Å². The van der Waals surface area contributed by atoms with E-state index in [-0.39, 0.29) is 12.5 Å². The van der Waals surface area contributed by atoms with Crippen LogP contribution >= 0.6 is 0 Å². The second kappa shape index (κ2) is 6.68. The summed E-state index contributed by atoms with van der Waals surface area (Å²) < 4.78 is 0. The molecule has 0 spiro atoms. The summed E-state index contributed by atoms with van der Waals surface area (Å²) in [5.74, 6) is -0.723. The van der Waals surface area contributed by atoms with E-state index >= 15 is 0 Å². The smallest absolute Gasteiger partial charge is 0.304 e. The van der Waals surface area contributed by atoms with E-state index in [1.54, 1.807) is 0 Å². The highest BCUT2D eigenvalue weighted by atomic mass is 16.4. The second-order valence-corrected chi connectivity index (χ2v) is 5.31. The van der Waals surface area contributed by atoms with Crippen molar-refractivity contribution < 1.29 is 9.90 Å². The van der Waals surface area contributed by atoms with Gasteiger partial charge in [-0.3, -0.25) is 9.69 Å². The molecule has 0 radical (unpaired) electrons. The Bertz CT molecular complexity index is 408. The molecule has 19 heavy (non-hydrogen) atoms. The predicted octanol–water partition coefficient (Wildman–Crippen LogP) is 1.71. The highest BCUT2D eigenvalue weighted by Gasteiger charge is 2.25. The first-order valence-electron chi connectivity index (χ1n) is 6.88. The van der Waals surface area contributed by atoms with Gasteiger partial charge in [-0.1, -0.05) is 30.3 Å². The van der Waals surface area contributed by atoms with Crippen LogP contribution < -0.4 is 5.32 Å². The van der Waals surface area contributed by atoms with E-state index in [1.807, 2.05) is 18.2 Å². The molecule has 4 nitrogen and oxygen atoms in total. The van der Waals surface area contributed by atoms with Crippen LogP contribution in [0, 0.1) is 0 Å². The molecule has 0 aromatic heterocycles. The summed E-state index contributed by atoms with van der Waals surface area (Å²) in [5.41, 5.74) is 1.24. The molecule has 1 aromatic rings. The maximum Gasteiger partial charge on any atom is 0.304 e. The lowest BCUT2D eigenvalue weighted by Gasteiger charge is -2.28. The topological polar surface area (TPSA) is 52.6 Å². The van der Waals surface area contributed by atoms with Gasteiger partial charge in [0.2, 0.25) is 0 Å². The van der Waals surface area contributed by atoms with Crippen LogP contribution in [0.5, 0.6) is 0 Å². The lowest BCUT2D eigenvalue weighted by molar-refractivity contribution is -0.138. The number of rotatable bonds is 4. The average Bonchev–Trinajstić information content (AvgIpc) is 2.55. The molecule has 2 rings (SSSR count). The fourth-order valence-corrected chi connectivity index (χ4v) is 2.54. The molecule has 0 amide bonds. The fourth-order valence-electron chi connectivity index (χ4n) is 2.54. The van der Waals surface area contributed by atoms with Crippen LogP contribution in [0.25, 0.3) is 0 Å². The summed E-state index contributed by atoms with van der Waals surface area (Å²) >= 11 is 0. The molecule has 2 unspecified atom stereocenters. The van der Waals surface area contributed by atoms with Crippen molar-refractivity contribution in [2.45, 2.75) is 38.4 Å². The maximum atomic E-state index is 11.0. The van der Waals surface area contributed by atoms with Gasteiger partial charge in [0.1, 0.15) is 0 Å². The number of nitrogens with zero attached hydrogens (tertiary/aromatic N) is 1. The van der Waals surface area contributed by atoms with Crippen molar-refractivity contribution in [1.29, 1.82) is 0 Å². The molecule has 0 saturated carbocycles. The molecular weight excluding hydrogens is 240 g/mol. The lowest BCUT2D eigenvalue weighted by Crippen LogP contribution is -2.41. The number of carbonyl (C=O) groups is 1. The van der Waals surface area contributed by atoms with Gasteiger partial charge >= 0.3 is 5.97 Å². The molecule has 1 aliphatic heterocycles. The van der Waals surface area contributed by atoms with Crippen molar-refractivity contribution in [3.63, 3.8) is 0 Å². The Kier molecular flexibility index (Phi) is 4.93. The molecule has 1 heterocycles. The molecule has 1 aliphatic rings. The van der Waals surface area contributed by atoms with E-state index in [4.69, 9.17) is 5.11 Å². The normalized spacial score (nSPS) is 24.9.